The Bertz CT molecular complexity index is 587. The first-order chi connectivity index (χ1) is 14.5. The Morgan fingerprint density at radius 1 is 1.00 bits per heavy atom. The summed E-state index contributed by atoms with van der Waals surface area (Å²) in [6, 6.07) is 9.67. The first-order valence-corrected chi connectivity index (χ1v) is 11.5. The van der Waals surface area contributed by atoms with Crippen LogP contribution in [0.25, 0.3) is 0 Å². The average molecular weight is 453 g/mol. The molecule has 1 amide bonds. The van der Waals surface area contributed by atoms with Crippen LogP contribution in [0.2, 0.25) is 0 Å². The summed E-state index contributed by atoms with van der Waals surface area (Å²) in [7, 11) is 0. The van der Waals surface area contributed by atoms with E-state index in [1.165, 1.54) is 12.8 Å². The van der Waals surface area contributed by atoms with Gasteiger partial charge in [0, 0.05) is 19.6 Å². The number of ether oxygens (including phenoxy) is 1. The highest BCUT2D eigenvalue weighted by Crippen LogP contribution is 2.17. The Hall–Kier alpha value is -1.63. The van der Waals surface area contributed by atoms with Gasteiger partial charge in [-0.15, -0.1) is 0 Å². The van der Waals surface area contributed by atoms with Gasteiger partial charge in [-0.2, -0.15) is 0 Å². The molecule has 1 aromatic carbocycles. The zero-order valence-corrected chi connectivity index (χ0v) is 18.6. The molecule has 0 radical (unpaired) electrons. The maximum Gasteiger partial charge on any atom is 0.410 e. The number of nitrogens with zero attached hydrogens (tertiary/aromatic N) is 1. The molecule has 4 atom stereocenters. The molecule has 0 aromatic heterocycles. The number of aliphatic hydroxyl groups is 2. The van der Waals surface area contributed by atoms with Crippen LogP contribution in [0, 0.1) is 11.8 Å². The van der Waals surface area contributed by atoms with Crippen molar-refractivity contribution in [2.24, 2.45) is 11.8 Å². The van der Waals surface area contributed by atoms with Gasteiger partial charge in [-0.3, -0.25) is 0 Å². The van der Waals surface area contributed by atoms with E-state index in [0.29, 0.717) is 25.6 Å². The molecule has 2 fully saturated rings. The summed E-state index contributed by atoms with van der Waals surface area (Å²) in [6.07, 6.45) is 5.39. The SMILES string of the molecule is C.C.CC1CN(C(=O)OCc2ccccc2)CCCCC1O.CC1CNCCCCC1O. The number of amides is 1. The molecule has 3 rings (SSSR count). The summed E-state index contributed by atoms with van der Waals surface area (Å²) in [5.74, 6) is 0.528. The number of hydrogen-bond donors (Lipinski definition) is 3. The lowest BCUT2D eigenvalue weighted by molar-refractivity contribution is 0.0498. The number of rotatable bonds is 2. The Kier molecular flexibility index (Phi) is 16.1. The third kappa shape index (κ3) is 11.3. The van der Waals surface area contributed by atoms with Crippen molar-refractivity contribution in [3.05, 3.63) is 35.9 Å². The summed E-state index contributed by atoms with van der Waals surface area (Å²) < 4.78 is 5.35. The van der Waals surface area contributed by atoms with Gasteiger partial charge in [0.1, 0.15) is 6.61 Å². The molecule has 0 aliphatic carbocycles. The molecular weight excluding hydrogens is 404 g/mol. The molecule has 32 heavy (non-hydrogen) atoms. The molecule has 6 heteroatoms. The molecule has 2 heterocycles. The minimum Gasteiger partial charge on any atom is -0.445 e. The lowest BCUT2D eigenvalue weighted by Gasteiger charge is -2.30. The molecule has 0 bridgehead atoms. The van der Waals surface area contributed by atoms with Crippen LogP contribution in [0.5, 0.6) is 0 Å². The summed E-state index contributed by atoms with van der Waals surface area (Å²) in [6.45, 7) is 7.75. The minimum absolute atomic E-state index is 0. The zero-order chi connectivity index (χ0) is 21.8. The quantitative estimate of drug-likeness (QED) is 0.598. The van der Waals surface area contributed by atoms with E-state index in [0.717, 1.165) is 44.3 Å². The Labute approximate surface area is 196 Å². The van der Waals surface area contributed by atoms with Crippen molar-refractivity contribution >= 4 is 6.09 Å². The summed E-state index contributed by atoms with van der Waals surface area (Å²) in [4.78, 5) is 13.8. The third-order valence-electron chi connectivity index (χ3n) is 6.03. The van der Waals surface area contributed by atoms with Gasteiger partial charge < -0.3 is 25.2 Å². The van der Waals surface area contributed by atoms with Crippen molar-refractivity contribution in [3.8, 4) is 0 Å². The van der Waals surface area contributed by atoms with E-state index in [4.69, 9.17) is 4.74 Å². The lowest BCUT2D eigenvalue weighted by atomic mass is 9.97. The van der Waals surface area contributed by atoms with Crippen LogP contribution < -0.4 is 5.32 Å². The van der Waals surface area contributed by atoms with Crippen molar-refractivity contribution in [2.75, 3.05) is 26.2 Å². The smallest absolute Gasteiger partial charge is 0.410 e. The van der Waals surface area contributed by atoms with Crippen molar-refractivity contribution in [3.63, 3.8) is 0 Å². The fourth-order valence-electron chi connectivity index (χ4n) is 3.83. The van der Waals surface area contributed by atoms with Gasteiger partial charge >= 0.3 is 6.09 Å². The van der Waals surface area contributed by atoms with Gasteiger partial charge in [-0.05, 0) is 62.5 Å². The van der Waals surface area contributed by atoms with Gasteiger partial charge in [-0.1, -0.05) is 59.0 Å². The maximum absolute atomic E-state index is 12.1. The second-order valence-corrected chi connectivity index (χ2v) is 8.77. The van der Waals surface area contributed by atoms with Crippen molar-refractivity contribution in [2.45, 2.75) is 86.0 Å². The Balaban J connectivity index is 0.000000683. The van der Waals surface area contributed by atoms with E-state index >= 15 is 0 Å². The molecule has 1 aromatic rings. The predicted molar refractivity (Wildman–Crippen MR) is 133 cm³/mol. The molecule has 2 saturated heterocycles. The molecule has 0 spiro atoms. The predicted octanol–water partition coefficient (Wildman–Crippen LogP) is 4.84. The monoisotopic (exact) mass is 452 g/mol. The maximum atomic E-state index is 12.1. The van der Waals surface area contributed by atoms with E-state index in [9.17, 15) is 15.0 Å². The molecule has 4 unspecified atom stereocenters. The van der Waals surface area contributed by atoms with Crippen molar-refractivity contribution in [1.29, 1.82) is 0 Å². The van der Waals surface area contributed by atoms with E-state index in [-0.39, 0.29) is 39.1 Å². The first kappa shape index (κ1) is 30.4. The molecule has 186 valence electrons. The van der Waals surface area contributed by atoms with Crippen LogP contribution in [0.3, 0.4) is 0 Å². The van der Waals surface area contributed by atoms with Crippen molar-refractivity contribution in [1.82, 2.24) is 10.2 Å². The Morgan fingerprint density at radius 2 is 1.62 bits per heavy atom. The molecule has 6 nitrogen and oxygen atoms in total. The van der Waals surface area contributed by atoms with Crippen molar-refractivity contribution < 1.29 is 19.7 Å². The fourth-order valence-corrected chi connectivity index (χ4v) is 3.83. The Morgan fingerprint density at radius 3 is 2.31 bits per heavy atom. The number of carbonyl (C=O) groups excluding carboxylic acids is 1. The van der Waals surface area contributed by atoms with Crippen LogP contribution in [-0.4, -0.2) is 59.6 Å². The number of hydrogen-bond acceptors (Lipinski definition) is 5. The van der Waals surface area contributed by atoms with Crippen LogP contribution in [-0.2, 0) is 11.3 Å². The van der Waals surface area contributed by atoms with Crippen LogP contribution in [0.15, 0.2) is 30.3 Å². The molecular formula is C26H48N2O4. The highest BCUT2D eigenvalue weighted by molar-refractivity contribution is 5.67. The van der Waals surface area contributed by atoms with E-state index in [1.807, 2.05) is 37.3 Å². The van der Waals surface area contributed by atoms with E-state index in [2.05, 4.69) is 12.2 Å². The topological polar surface area (TPSA) is 82.0 Å². The molecule has 3 N–H and O–H groups in total. The second-order valence-electron chi connectivity index (χ2n) is 8.77. The number of likely N-dealkylation sites (tertiary alicyclic amines) is 1. The van der Waals surface area contributed by atoms with Gasteiger partial charge in [0.15, 0.2) is 0 Å². The fraction of sp³-hybridized carbons (Fsp3) is 0.731. The highest BCUT2D eigenvalue weighted by Gasteiger charge is 2.24. The average Bonchev–Trinajstić information content (AvgIpc) is 2.74. The highest BCUT2D eigenvalue weighted by atomic mass is 16.6. The van der Waals surface area contributed by atoms with Crippen LogP contribution >= 0.6 is 0 Å². The van der Waals surface area contributed by atoms with Gasteiger partial charge in [0.25, 0.3) is 0 Å². The third-order valence-corrected chi connectivity index (χ3v) is 6.03. The molecule has 0 saturated carbocycles. The van der Waals surface area contributed by atoms with Gasteiger partial charge in [0.05, 0.1) is 12.2 Å². The molecule has 2 aliphatic heterocycles. The van der Waals surface area contributed by atoms with E-state index in [1.54, 1.807) is 4.90 Å². The minimum atomic E-state index is -0.320. The largest absolute Gasteiger partial charge is 0.445 e. The van der Waals surface area contributed by atoms with Crippen LogP contribution in [0.1, 0.15) is 72.8 Å². The zero-order valence-electron chi connectivity index (χ0n) is 18.6. The molecule has 2 aliphatic rings. The second kappa shape index (κ2) is 16.9. The van der Waals surface area contributed by atoms with Crippen LogP contribution in [0.4, 0.5) is 4.79 Å². The number of benzene rings is 1. The lowest BCUT2D eigenvalue weighted by Crippen LogP contribution is -2.40. The summed E-state index contributed by atoms with van der Waals surface area (Å²) in [5, 5.41) is 22.7. The van der Waals surface area contributed by atoms with Gasteiger partial charge in [-0.25, -0.2) is 4.79 Å². The number of carbonyl (C=O) groups is 1. The normalized spacial score (nSPS) is 26.3. The van der Waals surface area contributed by atoms with Gasteiger partial charge in [0.2, 0.25) is 0 Å². The summed E-state index contributed by atoms with van der Waals surface area (Å²) in [5.41, 5.74) is 0.987. The number of aliphatic hydroxyl groups excluding tert-OH is 2. The van der Waals surface area contributed by atoms with E-state index < -0.39 is 0 Å². The number of nitrogens with one attached hydrogen (secondary N) is 1. The first-order valence-electron chi connectivity index (χ1n) is 11.5. The summed E-state index contributed by atoms with van der Waals surface area (Å²) >= 11 is 0. The standard InChI is InChI=1S/C16H23NO3.C8H17NO.2CH4/c1-13-11-17(10-6-5-9-15(13)18)16(19)20-12-14-7-3-2-4-8-14;1-7-6-9-5-3-2-4-8(7)10;;/h2-4,7-8,13,15,18H,5-6,9-12H2,1H3;7-10H,2-6H2,1H3;2*1H4.